The fraction of sp³-hybridized carbons (Fsp3) is 0.611. The summed E-state index contributed by atoms with van der Waals surface area (Å²) in [5.41, 5.74) is 2.76. The molecule has 0 atom stereocenters. The third-order valence-electron chi connectivity index (χ3n) is 4.95. The molecule has 1 saturated heterocycles. The van der Waals surface area contributed by atoms with Gasteiger partial charge >= 0.3 is 0 Å². The summed E-state index contributed by atoms with van der Waals surface area (Å²) >= 11 is 0. The molecule has 3 nitrogen and oxygen atoms in total. The van der Waals surface area contributed by atoms with Gasteiger partial charge in [0.05, 0.1) is 0 Å². The third-order valence-corrected chi connectivity index (χ3v) is 4.95. The van der Waals surface area contributed by atoms with E-state index in [1.807, 2.05) is 0 Å². The first kappa shape index (κ1) is 14.4. The first-order chi connectivity index (χ1) is 10.2. The van der Waals surface area contributed by atoms with Crippen molar-refractivity contribution in [3.05, 3.63) is 29.8 Å². The molecular formula is C18H26N2O. The number of piperazine rings is 1. The van der Waals surface area contributed by atoms with Crippen LogP contribution in [0.1, 0.15) is 44.6 Å². The number of amides is 1. The van der Waals surface area contributed by atoms with Crippen LogP contribution in [-0.2, 0) is 4.79 Å². The SMILES string of the molecule is CC(C)c1ccccc1N1CCN(C(=O)C2CCC2)CC1. The van der Waals surface area contributed by atoms with E-state index in [0.29, 0.717) is 17.7 Å². The van der Waals surface area contributed by atoms with Gasteiger partial charge in [-0.1, -0.05) is 38.5 Å². The Bertz CT molecular complexity index is 500. The Hall–Kier alpha value is -1.51. The van der Waals surface area contributed by atoms with Gasteiger partial charge in [0.1, 0.15) is 0 Å². The standard InChI is InChI=1S/C18H26N2O/c1-14(2)16-8-3-4-9-17(16)19-10-12-20(13-11-19)18(21)15-6-5-7-15/h3-4,8-9,14-15H,5-7,10-13H2,1-2H3. The van der Waals surface area contributed by atoms with Gasteiger partial charge in [-0.05, 0) is 30.4 Å². The molecule has 1 aromatic rings. The Morgan fingerprint density at radius 3 is 2.33 bits per heavy atom. The van der Waals surface area contributed by atoms with Crippen molar-refractivity contribution in [3.63, 3.8) is 0 Å². The number of carbonyl (C=O) groups is 1. The predicted molar refractivity (Wildman–Crippen MR) is 86.7 cm³/mol. The first-order valence-corrected chi connectivity index (χ1v) is 8.29. The lowest BCUT2D eigenvalue weighted by molar-refractivity contribution is -0.138. The smallest absolute Gasteiger partial charge is 0.225 e. The van der Waals surface area contributed by atoms with E-state index in [2.05, 4.69) is 47.9 Å². The summed E-state index contributed by atoms with van der Waals surface area (Å²) in [7, 11) is 0. The van der Waals surface area contributed by atoms with Crippen LogP contribution in [0.25, 0.3) is 0 Å². The summed E-state index contributed by atoms with van der Waals surface area (Å²) in [5.74, 6) is 1.27. The lowest BCUT2D eigenvalue weighted by Crippen LogP contribution is -2.51. The summed E-state index contributed by atoms with van der Waals surface area (Å²) in [6, 6.07) is 8.69. The Labute approximate surface area is 127 Å². The number of nitrogens with zero attached hydrogens (tertiary/aromatic N) is 2. The molecule has 2 fully saturated rings. The van der Waals surface area contributed by atoms with Crippen LogP contribution in [0.15, 0.2) is 24.3 Å². The van der Waals surface area contributed by atoms with Gasteiger partial charge in [0.25, 0.3) is 0 Å². The summed E-state index contributed by atoms with van der Waals surface area (Å²) in [4.78, 5) is 16.8. The summed E-state index contributed by atoms with van der Waals surface area (Å²) in [6.07, 6.45) is 3.45. The van der Waals surface area contributed by atoms with Crippen molar-refractivity contribution in [2.75, 3.05) is 31.1 Å². The molecule has 1 amide bonds. The van der Waals surface area contributed by atoms with Gasteiger partial charge in [-0.3, -0.25) is 4.79 Å². The molecule has 3 heteroatoms. The van der Waals surface area contributed by atoms with Crippen LogP contribution in [-0.4, -0.2) is 37.0 Å². The molecule has 1 heterocycles. The largest absolute Gasteiger partial charge is 0.368 e. The topological polar surface area (TPSA) is 23.6 Å². The zero-order valence-electron chi connectivity index (χ0n) is 13.2. The van der Waals surface area contributed by atoms with Gasteiger partial charge in [-0.15, -0.1) is 0 Å². The highest BCUT2D eigenvalue weighted by molar-refractivity contribution is 5.80. The highest BCUT2D eigenvalue weighted by Crippen LogP contribution is 2.30. The quantitative estimate of drug-likeness (QED) is 0.851. The average molecular weight is 286 g/mol. The molecule has 1 aromatic carbocycles. The lowest BCUT2D eigenvalue weighted by atomic mass is 9.84. The van der Waals surface area contributed by atoms with E-state index >= 15 is 0 Å². The van der Waals surface area contributed by atoms with Crippen LogP contribution in [0.3, 0.4) is 0 Å². The normalized spacial score (nSPS) is 19.8. The van der Waals surface area contributed by atoms with Gasteiger partial charge in [-0.25, -0.2) is 0 Å². The monoisotopic (exact) mass is 286 g/mol. The molecule has 3 rings (SSSR count). The van der Waals surface area contributed by atoms with Crippen LogP contribution in [0.4, 0.5) is 5.69 Å². The number of benzene rings is 1. The summed E-state index contributed by atoms with van der Waals surface area (Å²) < 4.78 is 0. The fourth-order valence-electron chi connectivity index (χ4n) is 3.34. The molecule has 1 saturated carbocycles. The van der Waals surface area contributed by atoms with E-state index in [0.717, 1.165) is 39.0 Å². The number of hydrogen-bond acceptors (Lipinski definition) is 2. The second kappa shape index (κ2) is 6.08. The minimum atomic E-state index is 0.333. The van der Waals surface area contributed by atoms with Crippen molar-refractivity contribution in [1.82, 2.24) is 4.90 Å². The number of para-hydroxylation sites is 1. The highest BCUT2D eigenvalue weighted by Gasteiger charge is 2.31. The molecule has 0 bridgehead atoms. The third kappa shape index (κ3) is 2.92. The summed E-state index contributed by atoms with van der Waals surface area (Å²) in [6.45, 7) is 8.16. The second-order valence-electron chi connectivity index (χ2n) is 6.65. The number of hydrogen-bond donors (Lipinski definition) is 0. The molecule has 114 valence electrons. The average Bonchev–Trinajstić information content (AvgIpc) is 2.45. The van der Waals surface area contributed by atoms with Crippen LogP contribution < -0.4 is 4.90 Å². The predicted octanol–water partition coefficient (Wildman–Crippen LogP) is 3.26. The van der Waals surface area contributed by atoms with E-state index in [1.165, 1.54) is 17.7 Å². The van der Waals surface area contributed by atoms with Gasteiger partial charge in [0, 0.05) is 37.8 Å². The zero-order chi connectivity index (χ0) is 14.8. The van der Waals surface area contributed by atoms with Crippen LogP contribution >= 0.6 is 0 Å². The maximum Gasteiger partial charge on any atom is 0.225 e. The van der Waals surface area contributed by atoms with Crippen molar-refractivity contribution in [2.45, 2.75) is 39.0 Å². The molecule has 0 N–H and O–H groups in total. The van der Waals surface area contributed by atoms with Gasteiger partial charge < -0.3 is 9.80 Å². The summed E-state index contributed by atoms with van der Waals surface area (Å²) in [5, 5.41) is 0. The van der Waals surface area contributed by atoms with Crippen molar-refractivity contribution >= 4 is 11.6 Å². The molecule has 2 aliphatic rings. The van der Waals surface area contributed by atoms with Gasteiger partial charge in [0.15, 0.2) is 0 Å². The maximum atomic E-state index is 12.3. The van der Waals surface area contributed by atoms with E-state index in [4.69, 9.17) is 0 Å². The molecule has 1 aliphatic carbocycles. The van der Waals surface area contributed by atoms with Gasteiger partial charge in [-0.2, -0.15) is 0 Å². The van der Waals surface area contributed by atoms with E-state index in [9.17, 15) is 4.79 Å². The maximum absolute atomic E-state index is 12.3. The van der Waals surface area contributed by atoms with Crippen molar-refractivity contribution in [3.8, 4) is 0 Å². The molecule has 21 heavy (non-hydrogen) atoms. The van der Waals surface area contributed by atoms with Crippen molar-refractivity contribution in [1.29, 1.82) is 0 Å². The minimum absolute atomic E-state index is 0.333. The van der Waals surface area contributed by atoms with E-state index < -0.39 is 0 Å². The number of rotatable bonds is 3. The Balaban J connectivity index is 1.64. The highest BCUT2D eigenvalue weighted by atomic mass is 16.2. The Morgan fingerprint density at radius 2 is 1.76 bits per heavy atom. The Kier molecular flexibility index (Phi) is 4.18. The minimum Gasteiger partial charge on any atom is -0.368 e. The lowest BCUT2D eigenvalue weighted by Gasteiger charge is -2.40. The molecular weight excluding hydrogens is 260 g/mol. The van der Waals surface area contributed by atoms with Crippen LogP contribution in [0.2, 0.25) is 0 Å². The van der Waals surface area contributed by atoms with Gasteiger partial charge in [0.2, 0.25) is 5.91 Å². The second-order valence-corrected chi connectivity index (χ2v) is 6.65. The fourth-order valence-corrected chi connectivity index (χ4v) is 3.34. The number of anilines is 1. The van der Waals surface area contributed by atoms with Crippen molar-refractivity contribution < 1.29 is 4.79 Å². The van der Waals surface area contributed by atoms with Crippen molar-refractivity contribution in [2.24, 2.45) is 5.92 Å². The Morgan fingerprint density at radius 1 is 1.10 bits per heavy atom. The molecule has 0 radical (unpaired) electrons. The molecule has 1 aliphatic heterocycles. The molecule has 0 aromatic heterocycles. The van der Waals surface area contributed by atoms with Crippen LogP contribution in [0, 0.1) is 5.92 Å². The van der Waals surface area contributed by atoms with E-state index in [1.54, 1.807) is 0 Å². The number of carbonyl (C=O) groups excluding carboxylic acids is 1. The molecule has 0 spiro atoms. The molecule has 0 unspecified atom stereocenters. The van der Waals surface area contributed by atoms with Crippen LogP contribution in [0.5, 0.6) is 0 Å². The first-order valence-electron chi connectivity index (χ1n) is 8.29. The van der Waals surface area contributed by atoms with E-state index in [-0.39, 0.29) is 0 Å². The zero-order valence-corrected chi connectivity index (χ0v) is 13.2.